The highest BCUT2D eigenvalue weighted by Crippen LogP contribution is 2.33. The molecule has 0 bridgehead atoms. The summed E-state index contributed by atoms with van der Waals surface area (Å²) in [5.41, 5.74) is 3.16. The number of fused-ring (bicyclic) bond motifs is 1. The van der Waals surface area contributed by atoms with Crippen molar-refractivity contribution in [1.29, 1.82) is 0 Å². The average Bonchev–Trinajstić information content (AvgIpc) is 3.13. The van der Waals surface area contributed by atoms with Gasteiger partial charge in [-0.1, -0.05) is 0 Å². The van der Waals surface area contributed by atoms with Gasteiger partial charge in [-0.25, -0.2) is 4.39 Å². The predicted molar refractivity (Wildman–Crippen MR) is 99.1 cm³/mol. The van der Waals surface area contributed by atoms with Gasteiger partial charge in [0.05, 0.1) is 25.7 Å². The predicted octanol–water partition coefficient (Wildman–Crippen LogP) is 4.23. The molecule has 7 heteroatoms. The first-order chi connectivity index (χ1) is 12.4. The van der Waals surface area contributed by atoms with E-state index in [2.05, 4.69) is 0 Å². The van der Waals surface area contributed by atoms with Crippen molar-refractivity contribution in [1.82, 2.24) is 4.57 Å². The van der Waals surface area contributed by atoms with E-state index in [0.29, 0.717) is 29.6 Å². The van der Waals surface area contributed by atoms with Crippen LogP contribution < -0.4 is 9.47 Å². The van der Waals surface area contributed by atoms with E-state index in [0.717, 1.165) is 16.3 Å². The van der Waals surface area contributed by atoms with Crippen LogP contribution in [0.2, 0.25) is 0 Å². The zero-order chi connectivity index (χ0) is 18.8. The Bertz CT molecular complexity index is 960. The van der Waals surface area contributed by atoms with Gasteiger partial charge in [-0.3, -0.25) is 4.79 Å². The Morgan fingerprint density at radius 2 is 2.12 bits per heavy atom. The van der Waals surface area contributed by atoms with E-state index in [1.54, 1.807) is 6.07 Å². The summed E-state index contributed by atoms with van der Waals surface area (Å²) in [4.78, 5) is 11.3. The SMILES string of the molecule is CCOc1cc(Cn2c(C)c(CC(=O)O)c3cc(OC)c(F)cc32)cs1. The number of ether oxygens (including phenoxy) is 2. The molecule has 0 spiro atoms. The number of aromatic nitrogens is 1. The van der Waals surface area contributed by atoms with Crippen molar-refractivity contribution >= 4 is 28.2 Å². The van der Waals surface area contributed by atoms with Crippen LogP contribution >= 0.6 is 11.3 Å². The van der Waals surface area contributed by atoms with Gasteiger partial charge in [0, 0.05) is 23.7 Å². The van der Waals surface area contributed by atoms with Gasteiger partial charge in [0.25, 0.3) is 0 Å². The van der Waals surface area contributed by atoms with E-state index >= 15 is 0 Å². The Morgan fingerprint density at radius 3 is 2.77 bits per heavy atom. The summed E-state index contributed by atoms with van der Waals surface area (Å²) in [5, 5.41) is 12.8. The van der Waals surface area contributed by atoms with Crippen molar-refractivity contribution in [2.75, 3.05) is 13.7 Å². The third kappa shape index (κ3) is 3.39. The van der Waals surface area contributed by atoms with Gasteiger partial charge in [-0.05, 0) is 42.5 Å². The fraction of sp³-hybridized carbons (Fsp3) is 0.316. The van der Waals surface area contributed by atoms with Crippen LogP contribution in [-0.2, 0) is 17.8 Å². The van der Waals surface area contributed by atoms with Crippen LogP contribution in [0.5, 0.6) is 10.8 Å². The number of thiophene rings is 1. The van der Waals surface area contributed by atoms with Gasteiger partial charge in [0.1, 0.15) is 0 Å². The fourth-order valence-electron chi connectivity index (χ4n) is 3.12. The summed E-state index contributed by atoms with van der Waals surface area (Å²) >= 11 is 1.51. The zero-order valence-electron chi connectivity index (χ0n) is 14.8. The molecule has 138 valence electrons. The molecule has 1 N–H and O–H groups in total. The van der Waals surface area contributed by atoms with Crippen LogP contribution in [0.4, 0.5) is 4.39 Å². The molecule has 0 aliphatic heterocycles. The van der Waals surface area contributed by atoms with Crippen LogP contribution in [0, 0.1) is 12.7 Å². The van der Waals surface area contributed by atoms with E-state index in [-0.39, 0.29) is 12.2 Å². The van der Waals surface area contributed by atoms with Gasteiger partial charge in [-0.2, -0.15) is 0 Å². The van der Waals surface area contributed by atoms with Crippen molar-refractivity contribution < 1.29 is 23.8 Å². The Labute approximate surface area is 154 Å². The highest BCUT2D eigenvalue weighted by atomic mass is 32.1. The Morgan fingerprint density at radius 1 is 1.35 bits per heavy atom. The summed E-state index contributed by atoms with van der Waals surface area (Å²) in [6, 6.07) is 4.93. The minimum absolute atomic E-state index is 0.107. The summed E-state index contributed by atoms with van der Waals surface area (Å²) in [6.45, 7) is 4.90. The summed E-state index contributed by atoms with van der Waals surface area (Å²) in [6.07, 6.45) is -0.127. The maximum Gasteiger partial charge on any atom is 0.307 e. The van der Waals surface area contributed by atoms with Crippen LogP contribution in [-0.4, -0.2) is 29.4 Å². The van der Waals surface area contributed by atoms with Crippen molar-refractivity contribution in [2.45, 2.75) is 26.8 Å². The number of rotatable bonds is 7. The molecule has 0 atom stereocenters. The lowest BCUT2D eigenvalue weighted by Crippen LogP contribution is -2.04. The molecule has 26 heavy (non-hydrogen) atoms. The minimum atomic E-state index is -0.926. The summed E-state index contributed by atoms with van der Waals surface area (Å²) in [7, 11) is 1.39. The normalized spacial score (nSPS) is 11.1. The number of methoxy groups -OCH3 is 1. The van der Waals surface area contributed by atoms with Crippen molar-refractivity contribution in [3.05, 3.63) is 46.2 Å². The number of carboxylic acids is 1. The first-order valence-electron chi connectivity index (χ1n) is 8.21. The number of aliphatic carboxylic acids is 1. The lowest BCUT2D eigenvalue weighted by Gasteiger charge is -2.08. The number of hydrogen-bond donors (Lipinski definition) is 1. The molecule has 0 aliphatic carbocycles. The topological polar surface area (TPSA) is 60.7 Å². The molecule has 0 aliphatic rings. The lowest BCUT2D eigenvalue weighted by atomic mass is 10.1. The van der Waals surface area contributed by atoms with Gasteiger partial charge < -0.3 is 19.1 Å². The van der Waals surface area contributed by atoms with E-state index < -0.39 is 11.8 Å². The standard InChI is InChI=1S/C19H20FNO4S/c1-4-25-19-5-12(10-26-19)9-21-11(2)13(7-18(22)23)14-6-17(24-3)15(20)8-16(14)21/h5-6,8,10H,4,7,9H2,1-3H3,(H,22,23). The molecule has 1 aromatic carbocycles. The third-order valence-electron chi connectivity index (χ3n) is 4.31. The molecule has 0 unspecified atom stereocenters. The van der Waals surface area contributed by atoms with Gasteiger partial charge >= 0.3 is 5.97 Å². The molecule has 3 rings (SSSR count). The highest BCUT2D eigenvalue weighted by Gasteiger charge is 2.19. The summed E-state index contributed by atoms with van der Waals surface area (Å²) in [5.74, 6) is -1.29. The number of carbonyl (C=O) groups is 1. The maximum absolute atomic E-state index is 14.3. The molecule has 0 amide bonds. The molecular weight excluding hydrogens is 357 g/mol. The maximum atomic E-state index is 14.3. The minimum Gasteiger partial charge on any atom is -0.494 e. The molecule has 0 saturated carbocycles. The Balaban J connectivity index is 2.12. The molecule has 0 fully saturated rings. The van der Waals surface area contributed by atoms with Crippen LogP contribution in [0.25, 0.3) is 10.9 Å². The molecular formula is C19H20FNO4S. The molecule has 3 aromatic rings. The molecule has 0 radical (unpaired) electrons. The molecule has 2 aromatic heterocycles. The first-order valence-corrected chi connectivity index (χ1v) is 9.09. The van der Waals surface area contributed by atoms with Gasteiger partial charge in [-0.15, -0.1) is 11.3 Å². The Hall–Kier alpha value is -2.54. The van der Waals surface area contributed by atoms with E-state index in [4.69, 9.17) is 9.47 Å². The number of halogens is 1. The molecule has 2 heterocycles. The Kier molecular flexibility index (Phi) is 5.18. The van der Waals surface area contributed by atoms with Crippen LogP contribution in [0.3, 0.4) is 0 Å². The number of hydrogen-bond acceptors (Lipinski definition) is 4. The zero-order valence-corrected chi connectivity index (χ0v) is 15.7. The van der Waals surface area contributed by atoms with E-state index in [1.807, 2.05) is 29.9 Å². The average molecular weight is 377 g/mol. The summed E-state index contributed by atoms with van der Waals surface area (Å²) < 4.78 is 26.8. The third-order valence-corrected chi connectivity index (χ3v) is 5.20. The van der Waals surface area contributed by atoms with Crippen molar-refractivity contribution in [2.24, 2.45) is 0 Å². The number of carboxylic acid groups (broad SMARTS) is 1. The van der Waals surface area contributed by atoms with Gasteiger partial charge in [0.2, 0.25) is 0 Å². The first kappa shape index (κ1) is 18.3. The van der Waals surface area contributed by atoms with E-state index in [9.17, 15) is 14.3 Å². The van der Waals surface area contributed by atoms with Crippen molar-refractivity contribution in [3.63, 3.8) is 0 Å². The largest absolute Gasteiger partial charge is 0.494 e. The molecule has 5 nitrogen and oxygen atoms in total. The monoisotopic (exact) mass is 377 g/mol. The second kappa shape index (κ2) is 7.37. The molecule has 0 saturated heterocycles. The van der Waals surface area contributed by atoms with Crippen LogP contribution in [0.15, 0.2) is 23.6 Å². The van der Waals surface area contributed by atoms with Gasteiger partial charge in [0.15, 0.2) is 16.6 Å². The number of nitrogens with zero attached hydrogens (tertiary/aromatic N) is 1. The smallest absolute Gasteiger partial charge is 0.307 e. The van der Waals surface area contributed by atoms with Crippen LogP contribution in [0.1, 0.15) is 23.7 Å². The van der Waals surface area contributed by atoms with E-state index in [1.165, 1.54) is 24.5 Å². The highest BCUT2D eigenvalue weighted by molar-refractivity contribution is 7.12. The van der Waals surface area contributed by atoms with Crippen molar-refractivity contribution in [3.8, 4) is 10.8 Å². The lowest BCUT2D eigenvalue weighted by molar-refractivity contribution is -0.136. The quantitative estimate of drug-likeness (QED) is 0.669. The second-order valence-electron chi connectivity index (χ2n) is 5.93. The number of benzene rings is 1. The fourth-order valence-corrected chi connectivity index (χ4v) is 3.93. The second-order valence-corrected chi connectivity index (χ2v) is 6.81.